The van der Waals surface area contributed by atoms with Crippen LogP contribution in [0.15, 0.2) is 24.0 Å². The Morgan fingerprint density at radius 3 is 2.45 bits per heavy atom. The standard InChI is InChI=1S/C8H13N.CN/c1-3-8-6-5-7-9(8)4-2;1-2/h5-7H,3-4H2,1-2H3;/q;-1/p+1. The van der Waals surface area contributed by atoms with Crippen LogP contribution in [0.3, 0.4) is 0 Å². The maximum absolute atomic E-state index is 6.25. The van der Waals surface area contributed by atoms with Gasteiger partial charge in [-0.25, -0.2) is 0 Å². The minimum atomic E-state index is 1.18. The molecule has 0 aromatic heterocycles. The molecule has 0 radical (unpaired) electrons. The van der Waals surface area contributed by atoms with Crippen LogP contribution in [0.2, 0.25) is 0 Å². The van der Waals surface area contributed by atoms with Crippen molar-refractivity contribution in [2.24, 2.45) is 0 Å². The Labute approximate surface area is 68.4 Å². The molecular formula is C9H14N2. The highest BCUT2D eigenvalue weighted by atomic mass is 15.1. The quantitative estimate of drug-likeness (QED) is 0.580. The normalized spacial score (nSPS) is 20.4. The molecule has 0 fully saturated rings. The van der Waals surface area contributed by atoms with E-state index in [1.165, 1.54) is 23.6 Å². The van der Waals surface area contributed by atoms with Crippen molar-refractivity contribution in [2.75, 3.05) is 6.54 Å². The van der Waals surface area contributed by atoms with Crippen molar-refractivity contribution < 1.29 is 4.90 Å². The molecule has 2 heteroatoms. The van der Waals surface area contributed by atoms with Gasteiger partial charge < -0.3 is 11.8 Å². The van der Waals surface area contributed by atoms with Crippen molar-refractivity contribution in [1.82, 2.24) is 0 Å². The predicted octanol–water partition coefficient (Wildman–Crippen LogP) is 0.809. The fourth-order valence-electron chi connectivity index (χ4n) is 1.18. The van der Waals surface area contributed by atoms with E-state index in [-0.39, 0.29) is 0 Å². The van der Waals surface area contributed by atoms with E-state index in [2.05, 4.69) is 32.2 Å². The van der Waals surface area contributed by atoms with Crippen molar-refractivity contribution in [3.8, 4) is 0 Å². The molecule has 1 heterocycles. The molecule has 0 aliphatic carbocycles. The lowest BCUT2D eigenvalue weighted by molar-refractivity contribution is -0.801. The van der Waals surface area contributed by atoms with Gasteiger partial charge in [-0.1, -0.05) is 6.92 Å². The molecule has 0 aromatic rings. The van der Waals surface area contributed by atoms with Crippen LogP contribution < -0.4 is 4.90 Å². The molecule has 11 heavy (non-hydrogen) atoms. The van der Waals surface area contributed by atoms with Crippen LogP contribution in [0, 0.1) is 11.8 Å². The van der Waals surface area contributed by atoms with Crippen LogP contribution in [-0.4, -0.2) is 6.54 Å². The van der Waals surface area contributed by atoms with E-state index in [4.69, 9.17) is 11.8 Å². The first-order valence-electron chi connectivity index (χ1n) is 3.84. The molecule has 1 aliphatic heterocycles. The number of nitrogens with one attached hydrogen (secondary N) is 1. The summed E-state index contributed by atoms with van der Waals surface area (Å²) in [7, 11) is 0. The van der Waals surface area contributed by atoms with Crippen LogP contribution in [0.25, 0.3) is 0 Å². The van der Waals surface area contributed by atoms with Gasteiger partial charge in [-0.05, 0) is 13.0 Å². The van der Waals surface area contributed by atoms with Gasteiger partial charge in [0.25, 0.3) is 0 Å². The second kappa shape index (κ2) is 5.70. The molecule has 1 atom stereocenters. The minimum Gasteiger partial charge on any atom is -0.512 e. The van der Waals surface area contributed by atoms with Crippen molar-refractivity contribution >= 4 is 0 Å². The van der Waals surface area contributed by atoms with E-state index in [1.54, 1.807) is 0 Å². The molecule has 1 N–H and O–H groups in total. The van der Waals surface area contributed by atoms with Crippen LogP contribution in [0.4, 0.5) is 0 Å². The van der Waals surface area contributed by atoms with Gasteiger partial charge in [-0.2, -0.15) is 0 Å². The van der Waals surface area contributed by atoms with E-state index < -0.39 is 0 Å². The number of hydrogen-bond acceptors (Lipinski definition) is 1. The molecule has 0 spiro atoms. The maximum Gasteiger partial charge on any atom is 0.112 e. The maximum atomic E-state index is 6.25. The van der Waals surface area contributed by atoms with Crippen molar-refractivity contribution in [3.05, 3.63) is 30.6 Å². The molecule has 0 aromatic carbocycles. The Kier molecular flexibility index (Phi) is 5.14. The second-order valence-corrected chi connectivity index (χ2v) is 2.28. The number of allylic oxidation sites excluding steroid dienone is 3. The summed E-state index contributed by atoms with van der Waals surface area (Å²) < 4.78 is 0. The molecule has 0 saturated heterocycles. The average Bonchev–Trinajstić information content (AvgIpc) is 2.54. The molecule has 1 unspecified atom stereocenters. The second-order valence-electron chi connectivity index (χ2n) is 2.28. The topological polar surface area (TPSA) is 28.2 Å². The van der Waals surface area contributed by atoms with Crippen LogP contribution in [0.1, 0.15) is 20.3 Å². The minimum absolute atomic E-state index is 1.18. The van der Waals surface area contributed by atoms with Gasteiger partial charge in [0.05, 0.1) is 12.7 Å². The summed E-state index contributed by atoms with van der Waals surface area (Å²) in [5, 5.41) is 6.25. The van der Waals surface area contributed by atoms with Crippen molar-refractivity contribution in [3.63, 3.8) is 0 Å². The van der Waals surface area contributed by atoms with Gasteiger partial charge in [0.2, 0.25) is 0 Å². The lowest BCUT2D eigenvalue weighted by Crippen LogP contribution is -3.04. The van der Waals surface area contributed by atoms with E-state index in [0.29, 0.717) is 0 Å². The Morgan fingerprint density at radius 2 is 2.09 bits per heavy atom. The number of rotatable bonds is 2. The molecule has 0 bridgehead atoms. The third kappa shape index (κ3) is 2.57. The zero-order chi connectivity index (χ0) is 8.69. The average molecular weight is 150 g/mol. The summed E-state index contributed by atoms with van der Waals surface area (Å²) in [6, 6.07) is 0. The first-order chi connectivity index (χ1) is 5.38. The lowest BCUT2D eigenvalue weighted by Gasteiger charge is -2.08. The zero-order valence-electron chi connectivity index (χ0n) is 7.09. The monoisotopic (exact) mass is 150 g/mol. The van der Waals surface area contributed by atoms with Gasteiger partial charge in [-0.3, -0.25) is 4.90 Å². The number of hydrogen-bond donors (Lipinski definition) is 1. The third-order valence-electron chi connectivity index (χ3n) is 1.77. The third-order valence-corrected chi connectivity index (χ3v) is 1.77. The zero-order valence-corrected chi connectivity index (χ0v) is 7.09. The largest absolute Gasteiger partial charge is 0.512 e. The fraction of sp³-hybridized carbons (Fsp3) is 0.444. The Balaban J connectivity index is 0.000000461. The molecule has 1 rings (SSSR count). The molecule has 1 aliphatic rings. The summed E-state index contributed by atoms with van der Waals surface area (Å²) in [6.07, 6.45) is 7.73. The van der Waals surface area contributed by atoms with Crippen molar-refractivity contribution in [1.29, 1.82) is 5.26 Å². The first-order valence-corrected chi connectivity index (χ1v) is 3.84. The van der Waals surface area contributed by atoms with Gasteiger partial charge in [0.1, 0.15) is 5.70 Å². The molecule has 60 valence electrons. The summed E-state index contributed by atoms with van der Waals surface area (Å²) in [5.41, 5.74) is 1.51. The van der Waals surface area contributed by atoms with Crippen LogP contribution in [-0.2, 0) is 0 Å². The summed E-state index contributed by atoms with van der Waals surface area (Å²) >= 11 is 0. The van der Waals surface area contributed by atoms with Gasteiger partial charge >= 0.3 is 0 Å². The SMILES string of the molecule is CCC1=CC=C[NH+]1CC.[C-]#N. The highest BCUT2D eigenvalue weighted by molar-refractivity contribution is 5.09. The molecule has 2 nitrogen and oxygen atoms in total. The van der Waals surface area contributed by atoms with Crippen LogP contribution >= 0.6 is 0 Å². The smallest absolute Gasteiger partial charge is 0.112 e. The molecule has 0 saturated carbocycles. The molecular weight excluding hydrogens is 136 g/mol. The summed E-state index contributed by atoms with van der Waals surface area (Å²) in [4.78, 5) is 1.51. The van der Waals surface area contributed by atoms with Gasteiger partial charge in [0, 0.05) is 12.5 Å². The van der Waals surface area contributed by atoms with E-state index in [0.717, 1.165) is 0 Å². The number of quaternary nitrogens is 1. The first kappa shape index (κ1) is 9.93. The fourth-order valence-corrected chi connectivity index (χ4v) is 1.18. The Bertz CT molecular complexity index is 177. The highest BCUT2D eigenvalue weighted by Crippen LogP contribution is 1.95. The van der Waals surface area contributed by atoms with Gasteiger partial charge in [0.15, 0.2) is 0 Å². The summed E-state index contributed by atoms with van der Waals surface area (Å²) in [6.45, 7) is 10.3. The number of nitrogens with zero attached hydrogens (tertiary/aromatic N) is 1. The predicted molar refractivity (Wildman–Crippen MR) is 44.0 cm³/mol. The lowest BCUT2D eigenvalue weighted by atomic mass is 10.3. The van der Waals surface area contributed by atoms with Crippen LogP contribution in [0.5, 0.6) is 0 Å². The molecule has 0 amide bonds. The Hall–Kier alpha value is -1.07. The van der Waals surface area contributed by atoms with E-state index >= 15 is 0 Å². The highest BCUT2D eigenvalue weighted by Gasteiger charge is 2.10. The van der Waals surface area contributed by atoms with Crippen molar-refractivity contribution in [2.45, 2.75) is 20.3 Å². The Morgan fingerprint density at radius 1 is 1.45 bits per heavy atom. The van der Waals surface area contributed by atoms with E-state index in [1.807, 2.05) is 0 Å². The summed E-state index contributed by atoms with van der Waals surface area (Å²) in [5.74, 6) is 0. The van der Waals surface area contributed by atoms with Gasteiger partial charge in [-0.15, -0.1) is 0 Å². The van der Waals surface area contributed by atoms with E-state index in [9.17, 15) is 0 Å².